The average molecular weight is 315 g/mol. The van der Waals surface area contributed by atoms with Gasteiger partial charge in [-0.2, -0.15) is 5.10 Å². The Hall–Kier alpha value is -1.37. The van der Waals surface area contributed by atoms with Crippen molar-refractivity contribution in [3.63, 3.8) is 0 Å². The molecule has 0 aromatic carbocycles. The molecule has 6 nitrogen and oxygen atoms in total. The number of aromatic nitrogens is 2. The minimum Gasteiger partial charge on any atom is -0.354 e. The molecule has 2 amide bonds. The molecule has 1 saturated heterocycles. The number of halogens is 1. The Bertz CT molecular complexity index is 485. The van der Waals surface area contributed by atoms with Gasteiger partial charge in [0.15, 0.2) is 5.69 Å². The second-order valence-electron chi connectivity index (χ2n) is 4.33. The normalized spacial score (nSPS) is 20.5. The van der Waals surface area contributed by atoms with Crippen LogP contribution >= 0.6 is 15.9 Å². The lowest BCUT2D eigenvalue weighted by Gasteiger charge is -2.24. The molecule has 2 rings (SSSR count). The third-order valence-corrected chi connectivity index (χ3v) is 4.03. The second kappa shape index (κ2) is 5.09. The quantitative estimate of drug-likeness (QED) is 0.806. The fourth-order valence-corrected chi connectivity index (χ4v) is 2.26. The standard InChI is InChI=1S/C11H15BrN4O2/c1-6-8(12)9(15-14-6)11(18)16-5-3-4-13-10(17)7(16)2/h7H,3-5H2,1-2H3,(H,13,17)(H,14,15)/t7-/m0/s1. The summed E-state index contributed by atoms with van der Waals surface area (Å²) in [5.74, 6) is -0.347. The molecule has 1 atom stereocenters. The number of nitrogens with zero attached hydrogens (tertiary/aromatic N) is 2. The van der Waals surface area contributed by atoms with Gasteiger partial charge in [-0.15, -0.1) is 0 Å². The van der Waals surface area contributed by atoms with Crippen LogP contribution in [0.5, 0.6) is 0 Å². The third kappa shape index (κ3) is 2.27. The number of nitrogens with one attached hydrogen (secondary N) is 2. The van der Waals surface area contributed by atoms with Crippen LogP contribution in [-0.2, 0) is 4.79 Å². The Morgan fingerprint density at radius 2 is 2.28 bits per heavy atom. The van der Waals surface area contributed by atoms with Crippen LogP contribution < -0.4 is 5.32 Å². The first kappa shape index (κ1) is 13.1. The van der Waals surface area contributed by atoms with Crippen molar-refractivity contribution in [3.05, 3.63) is 15.9 Å². The van der Waals surface area contributed by atoms with Crippen LogP contribution in [0, 0.1) is 6.92 Å². The molecule has 1 fully saturated rings. The third-order valence-electron chi connectivity index (χ3n) is 3.06. The van der Waals surface area contributed by atoms with Crippen LogP contribution in [0.15, 0.2) is 4.47 Å². The minimum atomic E-state index is -0.469. The molecule has 1 aliphatic rings. The van der Waals surface area contributed by atoms with Gasteiger partial charge in [-0.1, -0.05) is 0 Å². The molecule has 0 spiro atoms. The van der Waals surface area contributed by atoms with Crippen molar-refractivity contribution in [1.82, 2.24) is 20.4 Å². The smallest absolute Gasteiger partial charge is 0.276 e. The number of carbonyl (C=O) groups excluding carboxylic acids is 2. The maximum absolute atomic E-state index is 12.4. The Labute approximate surface area is 113 Å². The Morgan fingerprint density at radius 3 is 2.89 bits per heavy atom. The van der Waals surface area contributed by atoms with E-state index in [0.29, 0.717) is 23.3 Å². The van der Waals surface area contributed by atoms with Gasteiger partial charge in [0.2, 0.25) is 5.91 Å². The summed E-state index contributed by atoms with van der Waals surface area (Å²) in [7, 11) is 0. The van der Waals surface area contributed by atoms with Crippen molar-refractivity contribution in [3.8, 4) is 0 Å². The first-order valence-electron chi connectivity index (χ1n) is 5.81. The lowest BCUT2D eigenvalue weighted by molar-refractivity contribution is -0.124. The highest BCUT2D eigenvalue weighted by Gasteiger charge is 2.30. The lowest BCUT2D eigenvalue weighted by atomic mass is 10.2. The van der Waals surface area contributed by atoms with E-state index in [9.17, 15) is 9.59 Å². The average Bonchev–Trinajstić information content (AvgIpc) is 2.58. The fraction of sp³-hybridized carbons (Fsp3) is 0.545. The summed E-state index contributed by atoms with van der Waals surface area (Å²) >= 11 is 3.33. The molecule has 0 radical (unpaired) electrons. The highest BCUT2D eigenvalue weighted by atomic mass is 79.9. The molecule has 7 heteroatoms. The highest BCUT2D eigenvalue weighted by Crippen LogP contribution is 2.21. The molecule has 2 N–H and O–H groups in total. The number of amides is 2. The zero-order valence-corrected chi connectivity index (χ0v) is 11.9. The molecule has 0 bridgehead atoms. The molecule has 1 aromatic rings. The maximum atomic E-state index is 12.4. The van der Waals surface area contributed by atoms with Crippen LogP contribution in [0.2, 0.25) is 0 Å². The first-order valence-corrected chi connectivity index (χ1v) is 6.61. The zero-order valence-electron chi connectivity index (χ0n) is 10.3. The van der Waals surface area contributed by atoms with E-state index in [1.165, 1.54) is 0 Å². The van der Waals surface area contributed by atoms with Crippen molar-refractivity contribution in [1.29, 1.82) is 0 Å². The number of hydrogen-bond acceptors (Lipinski definition) is 3. The molecule has 98 valence electrons. The SMILES string of the molecule is Cc1[nH]nc(C(=O)N2CCCNC(=O)[C@@H]2C)c1Br. The van der Waals surface area contributed by atoms with Gasteiger partial charge in [0.25, 0.3) is 5.91 Å². The monoisotopic (exact) mass is 314 g/mol. The second-order valence-corrected chi connectivity index (χ2v) is 5.12. The minimum absolute atomic E-state index is 0.121. The molecule has 2 heterocycles. The Morgan fingerprint density at radius 1 is 1.56 bits per heavy atom. The largest absolute Gasteiger partial charge is 0.354 e. The Balaban J connectivity index is 2.27. The van der Waals surface area contributed by atoms with Gasteiger partial charge in [-0.25, -0.2) is 0 Å². The van der Waals surface area contributed by atoms with Gasteiger partial charge in [0.05, 0.1) is 4.47 Å². The highest BCUT2D eigenvalue weighted by molar-refractivity contribution is 9.10. The van der Waals surface area contributed by atoms with E-state index in [2.05, 4.69) is 31.4 Å². The van der Waals surface area contributed by atoms with Gasteiger partial charge >= 0.3 is 0 Å². The predicted molar refractivity (Wildman–Crippen MR) is 69.1 cm³/mol. The van der Waals surface area contributed by atoms with Crippen LogP contribution in [0.25, 0.3) is 0 Å². The summed E-state index contributed by atoms with van der Waals surface area (Å²) < 4.78 is 0.657. The number of aryl methyl sites for hydroxylation is 1. The van der Waals surface area contributed by atoms with E-state index >= 15 is 0 Å². The van der Waals surface area contributed by atoms with Crippen molar-refractivity contribution in [2.24, 2.45) is 0 Å². The molecular formula is C11H15BrN4O2. The predicted octanol–water partition coefficient (Wildman–Crippen LogP) is 0.831. The lowest BCUT2D eigenvalue weighted by Crippen LogP contribution is -2.45. The van der Waals surface area contributed by atoms with Crippen molar-refractivity contribution >= 4 is 27.7 Å². The van der Waals surface area contributed by atoms with E-state index in [0.717, 1.165) is 12.1 Å². The number of H-pyrrole nitrogens is 1. The molecule has 0 aliphatic carbocycles. The van der Waals surface area contributed by atoms with Gasteiger partial charge in [-0.3, -0.25) is 14.7 Å². The van der Waals surface area contributed by atoms with Crippen LogP contribution in [0.1, 0.15) is 29.5 Å². The number of carbonyl (C=O) groups is 2. The number of hydrogen-bond donors (Lipinski definition) is 2. The molecule has 1 aromatic heterocycles. The van der Waals surface area contributed by atoms with E-state index in [1.807, 2.05) is 6.92 Å². The van der Waals surface area contributed by atoms with Crippen molar-refractivity contribution in [2.75, 3.05) is 13.1 Å². The summed E-state index contributed by atoms with van der Waals surface area (Å²) in [6.07, 6.45) is 0.753. The van der Waals surface area contributed by atoms with Crippen LogP contribution in [-0.4, -0.2) is 46.0 Å². The zero-order chi connectivity index (χ0) is 13.3. The van der Waals surface area contributed by atoms with E-state index in [-0.39, 0.29) is 11.8 Å². The van der Waals surface area contributed by atoms with Crippen molar-refractivity contribution in [2.45, 2.75) is 26.3 Å². The van der Waals surface area contributed by atoms with Gasteiger partial charge in [0, 0.05) is 18.8 Å². The number of rotatable bonds is 1. The Kier molecular flexibility index (Phi) is 3.70. The van der Waals surface area contributed by atoms with Gasteiger partial charge in [-0.05, 0) is 36.2 Å². The molecule has 0 unspecified atom stereocenters. The topological polar surface area (TPSA) is 78.1 Å². The summed E-state index contributed by atoms with van der Waals surface area (Å²) in [4.78, 5) is 25.6. The molecule has 0 saturated carbocycles. The van der Waals surface area contributed by atoms with Gasteiger partial charge in [0.1, 0.15) is 6.04 Å². The summed E-state index contributed by atoms with van der Waals surface area (Å²) in [5.41, 5.74) is 1.12. The van der Waals surface area contributed by atoms with Crippen LogP contribution in [0.4, 0.5) is 0 Å². The summed E-state index contributed by atoms with van der Waals surface area (Å²) in [6.45, 7) is 4.71. The fourth-order valence-electron chi connectivity index (χ4n) is 1.91. The number of aromatic amines is 1. The first-order chi connectivity index (χ1) is 8.52. The van der Waals surface area contributed by atoms with Crippen molar-refractivity contribution < 1.29 is 9.59 Å². The molecular weight excluding hydrogens is 300 g/mol. The summed E-state index contributed by atoms with van der Waals surface area (Å²) in [6, 6.07) is -0.469. The van der Waals surface area contributed by atoms with E-state index < -0.39 is 6.04 Å². The maximum Gasteiger partial charge on any atom is 0.276 e. The summed E-state index contributed by atoms with van der Waals surface area (Å²) in [5, 5.41) is 9.52. The van der Waals surface area contributed by atoms with Crippen LogP contribution in [0.3, 0.4) is 0 Å². The molecule has 1 aliphatic heterocycles. The molecule has 18 heavy (non-hydrogen) atoms. The van der Waals surface area contributed by atoms with E-state index in [1.54, 1.807) is 11.8 Å². The van der Waals surface area contributed by atoms with Gasteiger partial charge < -0.3 is 10.2 Å². The van der Waals surface area contributed by atoms with E-state index in [4.69, 9.17) is 0 Å².